The second kappa shape index (κ2) is 9.33. The van der Waals surface area contributed by atoms with Gasteiger partial charge in [-0.3, -0.25) is 9.69 Å². The number of para-hydroxylation sites is 1. The number of nitrogens with zero attached hydrogens (tertiary/aromatic N) is 3. The number of thiocarbonyl (C=S) groups is 1. The van der Waals surface area contributed by atoms with Crippen molar-refractivity contribution in [2.45, 2.75) is 38.1 Å². The molecule has 1 aliphatic heterocycles. The van der Waals surface area contributed by atoms with Crippen molar-refractivity contribution < 1.29 is 4.79 Å². The number of carbonyl (C=O) groups is 1. The van der Waals surface area contributed by atoms with Gasteiger partial charge in [-0.15, -0.1) is 0 Å². The summed E-state index contributed by atoms with van der Waals surface area (Å²) in [6, 6.07) is 18.3. The first-order valence-electron chi connectivity index (χ1n) is 10.8. The number of amides is 1. The van der Waals surface area contributed by atoms with E-state index in [1.165, 1.54) is 31.0 Å². The van der Waals surface area contributed by atoms with Crippen molar-refractivity contribution >= 4 is 56.2 Å². The molecular formula is C25H22BrN3OS2. The molecule has 4 nitrogen and oxygen atoms in total. The van der Waals surface area contributed by atoms with Crippen molar-refractivity contribution in [1.29, 1.82) is 0 Å². The Bertz CT molecular complexity index is 1180. The van der Waals surface area contributed by atoms with E-state index in [-0.39, 0.29) is 11.9 Å². The van der Waals surface area contributed by atoms with Crippen LogP contribution < -0.4 is 0 Å². The van der Waals surface area contributed by atoms with Crippen LogP contribution in [0.2, 0.25) is 0 Å². The van der Waals surface area contributed by atoms with Crippen LogP contribution in [0.25, 0.3) is 23.0 Å². The van der Waals surface area contributed by atoms with Crippen molar-refractivity contribution in [2.24, 2.45) is 0 Å². The largest absolute Gasteiger partial charge is 0.290 e. The molecular weight excluding hydrogens is 502 g/mol. The number of thioether (sulfide) groups is 1. The summed E-state index contributed by atoms with van der Waals surface area (Å²) in [5.41, 5.74) is 3.71. The predicted molar refractivity (Wildman–Crippen MR) is 139 cm³/mol. The monoisotopic (exact) mass is 523 g/mol. The van der Waals surface area contributed by atoms with Gasteiger partial charge in [0.05, 0.1) is 16.3 Å². The fourth-order valence-corrected chi connectivity index (χ4v) is 5.97. The molecule has 0 spiro atoms. The van der Waals surface area contributed by atoms with Crippen LogP contribution in [0.3, 0.4) is 0 Å². The molecule has 5 rings (SSSR count). The summed E-state index contributed by atoms with van der Waals surface area (Å²) in [7, 11) is 0. The van der Waals surface area contributed by atoms with E-state index in [2.05, 4.69) is 15.9 Å². The first-order valence-corrected chi connectivity index (χ1v) is 12.8. The van der Waals surface area contributed by atoms with E-state index in [0.717, 1.165) is 39.8 Å². The van der Waals surface area contributed by atoms with E-state index in [4.69, 9.17) is 17.3 Å². The smallest absolute Gasteiger partial charge is 0.266 e. The van der Waals surface area contributed by atoms with Crippen LogP contribution in [0.1, 0.15) is 37.7 Å². The Hall–Kier alpha value is -2.22. The molecule has 0 atom stereocenters. The van der Waals surface area contributed by atoms with E-state index in [1.807, 2.05) is 76.5 Å². The summed E-state index contributed by atoms with van der Waals surface area (Å²) in [6.07, 6.45) is 9.59. The second-order valence-corrected chi connectivity index (χ2v) is 10.7. The summed E-state index contributed by atoms with van der Waals surface area (Å²) in [5, 5.41) is 4.87. The van der Waals surface area contributed by atoms with Gasteiger partial charge in [0.15, 0.2) is 0 Å². The van der Waals surface area contributed by atoms with E-state index in [0.29, 0.717) is 9.23 Å². The van der Waals surface area contributed by atoms with Gasteiger partial charge < -0.3 is 0 Å². The number of rotatable bonds is 4. The predicted octanol–water partition coefficient (Wildman–Crippen LogP) is 6.84. The molecule has 1 saturated heterocycles. The Labute approximate surface area is 205 Å². The van der Waals surface area contributed by atoms with Crippen LogP contribution in [-0.4, -0.2) is 30.9 Å². The molecule has 3 aromatic rings. The number of halogens is 1. The Morgan fingerprint density at radius 2 is 1.75 bits per heavy atom. The molecule has 0 N–H and O–H groups in total. The highest BCUT2D eigenvalue weighted by Crippen LogP contribution is 2.38. The Balaban J connectivity index is 1.54. The van der Waals surface area contributed by atoms with E-state index < -0.39 is 0 Å². The second-order valence-electron chi connectivity index (χ2n) is 8.06. The molecule has 0 bridgehead atoms. The van der Waals surface area contributed by atoms with Crippen LogP contribution >= 0.6 is 39.9 Å². The standard InChI is InChI=1S/C25H22BrN3OS2/c26-19-13-11-17(12-14-19)23-18(16-28(27-23)20-7-3-1-4-8-20)15-22-24(30)29(25(31)32-22)21-9-5-2-6-10-21/h1,3-4,7-8,11-16,21H,2,5-6,9-10H2/b22-15-. The zero-order valence-electron chi connectivity index (χ0n) is 17.4. The minimum Gasteiger partial charge on any atom is -0.290 e. The minimum atomic E-state index is 0.0288. The third-order valence-corrected chi connectivity index (χ3v) is 7.79. The maximum Gasteiger partial charge on any atom is 0.266 e. The summed E-state index contributed by atoms with van der Waals surface area (Å²) < 4.78 is 3.55. The summed E-state index contributed by atoms with van der Waals surface area (Å²) >= 11 is 10.5. The van der Waals surface area contributed by atoms with Crippen LogP contribution in [0.15, 0.2) is 70.2 Å². The molecule has 2 aromatic carbocycles. The Kier molecular flexibility index (Phi) is 6.31. The quantitative estimate of drug-likeness (QED) is 0.277. The van der Waals surface area contributed by atoms with Gasteiger partial charge in [-0.2, -0.15) is 5.10 Å². The maximum atomic E-state index is 13.3. The van der Waals surface area contributed by atoms with Gasteiger partial charge in [0, 0.05) is 27.8 Å². The molecule has 162 valence electrons. The molecule has 32 heavy (non-hydrogen) atoms. The molecule has 2 heterocycles. The van der Waals surface area contributed by atoms with Gasteiger partial charge in [0.25, 0.3) is 5.91 Å². The highest BCUT2D eigenvalue weighted by Gasteiger charge is 2.37. The molecule has 1 amide bonds. The zero-order chi connectivity index (χ0) is 22.1. The average molecular weight is 525 g/mol. The number of hydrogen-bond acceptors (Lipinski definition) is 4. The van der Waals surface area contributed by atoms with Crippen LogP contribution in [-0.2, 0) is 4.79 Å². The van der Waals surface area contributed by atoms with E-state index >= 15 is 0 Å². The molecule has 2 fully saturated rings. The van der Waals surface area contributed by atoms with Crippen molar-refractivity contribution in [3.05, 3.63) is 75.7 Å². The van der Waals surface area contributed by atoms with Gasteiger partial charge in [0.2, 0.25) is 0 Å². The molecule has 1 aromatic heterocycles. The van der Waals surface area contributed by atoms with Gasteiger partial charge >= 0.3 is 0 Å². The molecule has 0 radical (unpaired) electrons. The first kappa shape index (κ1) is 21.6. The average Bonchev–Trinajstić information content (AvgIpc) is 3.36. The maximum absolute atomic E-state index is 13.3. The van der Waals surface area contributed by atoms with Gasteiger partial charge in [-0.25, -0.2) is 4.68 Å². The molecule has 7 heteroatoms. The highest BCUT2D eigenvalue weighted by atomic mass is 79.9. The van der Waals surface area contributed by atoms with Crippen molar-refractivity contribution in [3.8, 4) is 16.9 Å². The summed E-state index contributed by atoms with van der Waals surface area (Å²) in [6.45, 7) is 0. The van der Waals surface area contributed by atoms with Crippen molar-refractivity contribution in [2.75, 3.05) is 0 Å². The van der Waals surface area contributed by atoms with E-state index in [1.54, 1.807) is 0 Å². The van der Waals surface area contributed by atoms with Gasteiger partial charge in [0.1, 0.15) is 4.32 Å². The lowest BCUT2D eigenvalue weighted by molar-refractivity contribution is -0.124. The number of aromatic nitrogens is 2. The molecule has 1 saturated carbocycles. The highest BCUT2D eigenvalue weighted by molar-refractivity contribution is 9.10. The first-order chi connectivity index (χ1) is 15.6. The normalized spacial score (nSPS) is 18.7. The van der Waals surface area contributed by atoms with E-state index in [9.17, 15) is 4.79 Å². The summed E-state index contributed by atoms with van der Waals surface area (Å²) in [4.78, 5) is 15.8. The topological polar surface area (TPSA) is 38.1 Å². The molecule has 2 aliphatic rings. The Morgan fingerprint density at radius 3 is 2.47 bits per heavy atom. The van der Waals surface area contributed by atoms with Crippen LogP contribution in [0.5, 0.6) is 0 Å². The fourth-order valence-electron chi connectivity index (χ4n) is 4.31. The summed E-state index contributed by atoms with van der Waals surface area (Å²) in [5.74, 6) is 0.0288. The number of benzene rings is 2. The SMILES string of the molecule is O=C1/C(=C/c2cn(-c3ccccc3)nc2-c2ccc(Br)cc2)SC(=S)N1C1CCCCC1. The minimum absolute atomic E-state index is 0.0288. The van der Waals surface area contributed by atoms with Gasteiger partial charge in [-0.1, -0.05) is 89.5 Å². The van der Waals surface area contributed by atoms with Gasteiger partial charge in [-0.05, 0) is 43.2 Å². The van der Waals surface area contributed by atoms with Crippen LogP contribution in [0, 0.1) is 0 Å². The molecule has 0 unspecified atom stereocenters. The lowest BCUT2D eigenvalue weighted by Crippen LogP contribution is -2.39. The Morgan fingerprint density at radius 1 is 1.03 bits per heavy atom. The van der Waals surface area contributed by atoms with Crippen LogP contribution in [0.4, 0.5) is 0 Å². The van der Waals surface area contributed by atoms with Crippen molar-refractivity contribution in [3.63, 3.8) is 0 Å². The third-order valence-electron chi connectivity index (χ3n) is 5.93. The fraction of sp³-hybridized carbons (Fsp3) is 0.240. The zero-order valence-corrected chi connectivity index (χ0v) is 20.6. The molecule has 1 aliphatic carbocycles. The number of carbonyl (C=O) groups excluding carboxylic acids is 1. The van der Waals surface area contributed by atoms with Crippen molar-refractivity contribution in [1.82, 2.24) is 14.7 Å². The lowest BCUT2D eigenvalue weighted by Gasteiger charge is -2.29. The third kappa shape index (κ3) is 4.34. The lowest BCUT2D eigenvalue weighted by atomic mass is 9.94. The number of hydrogen-bond donors (Lipinski definition) is 0.